The molecule has 0 aromatic heterocycles. The Bertz CT molecular complexity index is 874. The highest BCUT2D eigenvalue weighted by Gasteiger charge is 2.28. The number of methoxy groups -OCH3 is 1. The van der Waals surface area contributed by atoms with Gasteiger partial charge in [-0.1, -0.05) is 44.4 Å². The molecule has 1 aliphatic heterocycles. The number of aldehydes is 1. The summed E-state index contributed by atoms with van der Waals surface area (Å²) in [4.78, 5) is 13.5. The largest absolute Gasteiger partial charge is 0.496 e. The quantitative estimate of drug-likeness (QED) is 0.571. The minimum atomic E-state index is 0.293. The Morgan fingerprint density at radius 1 is 1.17 bits per heavy atom. The normalized spacial score (nSPS) is 17.5. The van der Waals surface area contributed by atoms with Crippen molar-refractivity contribution in [3.05, 3.63) is 41.5 Å². The summed E-state index contributed by atoms with van der Waals surface area (Å²) >= 11 is 0. The maximum absolute atomic E-state index is 10.7. The first-order valence-corrected chi connectivity index (χ1v) is 11.4. The van der Waals surface area contributed by atoms with E-state index in [0.29, 0.717) is 17.7 Å². The first-order chi connectivity index (χ1) is 14.7. The lowest BCUT2D eigenvalue weighted by atomic mass is 9.86. The summed E-state index contributed by atoms with van der Waals surface area (Å²) in [5.74, 6) is 1.76. The molecule has 0 atom stereocenters. The molecule has 4 nitrogen and oxygen atoms in total. The van der Waals surface area contributed by atoms with E-state index >= 15 is 0 Å². The predicted octanol–water partition coefficient (Wildman–Crippen LogP) is 5.78. The SMILES string of the molecule is CCCC1CCN(C2CCC2)CC1.COc1ccc2cc(C=O)ccc2c1CC#N. The van der Waals surface area contributed by atoms with Gasteiger partial charge in [0.1, 0.15) is 12.0 Å². The van der Waals surface area contributed by atoms with Crippen LogP contribution in [0.3, 0.4) is 0 Å². The third-order valence-corrected chi connectivity index (χ3v) is 6.66. The van der Waals surface area contributed by atoms with Crippen LogP contribution in [0, 0.1) is 17.2 Å². The number of nitriles is 1. The molecule has 1 aliphatic carbocycles. The van der Waals surface area contributed by atoms with Gasteiger partial charge in [-0.15, -0.1) is 0 Å². The molecule has 4 rings (SSSR count). The van der Waals surface area contributed by atoms with Crippen molar-refractivity contribution < 1.29 is 9.53 Å². The number of nitrogens with zero attached hydrogens (tertiary/aromatic N) is 2. The highest BCUT2D eigenvalue weighted by atomic mass is 16.5. The van der Waals surface area contributed by atoms with E-state index in [9.17, 15) is 4.79 Å². The van der Waals surface area contributed by atoms with Gasteiger partial charge in [-0.2, -0.15) is 5.26 Å². The van der Waals surface area contributed by atoms with Gasteiger partial charge in [-0.05, 0) is 67.6 Å². The fourth-order valence-electron chi connectivity index (χ4n) is 4.69. The number of benzene rings is 2. The highest BCUT2D eigenvalue weighted by Crippen LogP contribution is 2.30. The van der Waals surface area contributed by atoms with E-state index < -0.39 is 0 Å². The fraction of sp³-hybridized carbons (Fsp3) is 0.538. The van der Waals surface area contributed by atoms with Gasteiger partial charge in [-0.25, -0.2) is 0 Å². The Labute approximate surface area is 180 Å². The minimum Gasteiger partial charge on any atom is -0.496 e. The molecule has 0 spiro atoms. The smallest absolute Gasteiger partial charge is 0.150 e. The average molecular weight is 407 g/mol. The molecule has 2 aromatic carbocycles. The number of likely N-dealkylation sites (tertiary alicyclic amines) is 1. The molecule has 0 N–H and O–H groups in total. The van der Waals surface area contributed by atoms with Crippen LogP contribution in [0.25, 0.3) is 10.8 Å². The van der Waals surface area contributed by atoms with Crippen LogP contribution in [0.5, 0.6) is 5.75 Å². The topological polar surface area (TPSA) is 53.3 Å². The first kappa shape index (κ1) is 22.3. The molecular formula is C26H34N2O2. The molecule has 1 saturated carbocycles. The average Bonchev–Trinajstić information content (AvgIpc) is 2.74. The second-order valence-electron chi connectivity index (χ2n) is 8.53. The van der Waals surface area contributed by atoms with E-state index in [4.69, 9.17) is 10.00 Å². The summed E-state index contributed by atoms with van der Waals surface area (Å²) < 4.78 is 5.24. The van der Waals surface area contributed by atoms with Crippen LogP contribution >= 0.6 is 0 Å². The predicted molar refractivity (Wildman–Crippen MR) is 122 cm³/mol. The molecule has 1 saturated heterocycles. The van der Waals surface area contributed by atoms with Crippen molar-refractivity contribution >= 4 is 17.1 Å². The van der Waals surface area contributed by atoms with Crippen molar-refractivity contribution in [2.75, 3.05) is 20.2 Å². The van der Waals surface area contributed by atoms with Crippen LogP contribution in [0.4, 0.5) is 0 Å². The van der Waals surface area contributed by atoms with Gasteiger partial charge in [0.15, 0.2) is 0 Å². The molecule has 160 valence electrons. The van der Waals surface area contributed by atoms with E-state index in [-0.39, 0.29) is 0 Å². The van der Waals surface area contributed by atoms with Gasteiger partial charge in [0.2, 0.25) is 0 Å². The van der Waals surface area contributed by atoms with Gasteiger partial charge in [0.05, 0.1) is 19.6 Å². The first-order valence-electron chi connectivity index (χ1n) is 11.4. The Hall–Kier alpha value is -2.38. The Balaban J connectivity index is 0.000000177. The molecule has 1 heterocycles. The number of carbonyl (C=O) groups is 1. The molecule has 30 heavy (non-hydrogen) atoms. The molecule has 2 fully saturated rings. The summed E-state index contributed by atoms with van der Waals surface area (Å²) in [5.41, 5.74) is 1.50. The van der Waals surface area contributed by atoms with Crippen molar-refractivity contribution in [1.29, 1.82) is 5.26 Å². The van der Waals surface area contributed by atoms with Crippen molar-refractivity contribution in [2.24, 2.45) is 5.92 Å². The number of carbonyl (C=O) groups excluding carboxylic acids is 1. The zero-order valence-electron chi connectivity index (χ0n) is 18.4. The zero-order valence-corrected chi connectivity index (χ0v) is 18.4. The molecule has 0 radical (unpaired) electrons. The Morgan fingerprint density at radius 3 is 2.50 bits per heavy atom. The zero-order chi connectivity index (χ0) is 21.3. The van der Waals surface area contributed by atoms with Crippen LogP contribution in [0.1, 0.15) is 67.8 Å². The van der Waals surface area contributed by atoms with E-state index in [1.54, 1.807) is 13.2 Å². The lowest BCUT2D eigenvalue weighted by Crippen LogP contribution is -2.44. The Kier molecular flexibility index (Phi) is 8.28. The van der Waals surface area contributed by atoms with Crippen LogP contribution in [0.15, 0.2) is 30.3 Å². The van der Waals surface area contributed by atoms with E-state index in [2.05, 4.69) is 17.9 Å². The van der Waals surface area contributed by atoms with Crippen LogP contribution in [-0.2, 0) is 6.42 Å². The van der Waals surface area contributed by atoms with Gasteiger partial charge < -0.3 is 9.64 Å². The summed E-state index contributed by atoms with van der Waals surface area (Å²) in [5, 5.41) is 10.7. The van der Waals surface area contributed by atoms with E-state index in [1.807, 2.05) is 24.3 Å². The third-order valence-electron chi connectivity index (χ3n) is 6.66. The molecular weight excluding hydrogens is 372 g/mol. The van der Waals surface area contributed by atoms with Gasteiger partial charge in [0.25, 0.3) is 0 Å². The summed E-state index contributed by atoms with van der Waals surface area (Å²) in [7, 11) is 1.59. The van der Waals surface area contributed by atoms with Gasteiger partial charge in [-0.3, -0.25) is 4.79 Å². The standard InChI is InChI=1S/C14H11NO2.C12H23N/c1-17-14-5-3-11-8-10(9-16)2-4-12(11)13(14)6-7-15;1-2-4-11-7-9-13(10-8-11)12-5-3-6-12/h2-5,8-9H,6H2,1H3;11-12H,2-10H2,1H3. The lowest BCUT2D eigenvalue weighted by Gasteiger charge is -2.41. The Morgan fingerprint density at radius 2 is 1.93 bits per heavy atom. The minimum absolute atomic E-state index is 0.293. The van der Waals surface area contributed by atoms with Crippen LogP contribution in [-0.4, -0.2) is 37.4 Å². The van der Waals surface area contributed by atoms with Crippen LogP contribution in [0.2, 0.25) is 0 Å². The third kappa shape index (κ3) is 5.40. The van der Waals surface area contributed by atoms with Crippen molar-refractivity contribution in [3.63, 3.8) is 0 Å². The number of fused-ring (bicyclic) bond motifs is 1. The fourth-order valence-corrected chi connectivity index (χ4v) is 4.69. The maximum atomic E-state index is 10.7. The molecule has 2 aliphatic rings. The van der Waals surface area contributed by atoms with E-state index in [1.165, 1.54) is 58.0 Å². The molecule has 0 bridgehead atoms. The van der Waals surface area contributed by atoms with Crippen molar-refractivity contribution in [1.82, 2.24) is 4.90 Å². The summed E-state index contributed by atoms with van der Waals surface area (Å²) in [6.45, 7) is 5.11. The number of hydrogen-bond donors (Lipinski definition) is 0. The molecule has 0 amide bonds. The summed E-state index contributed by atoms with van der Waals surface area (Å²) in [6, 6.07) is 12.2. The number of piperidine rings is 1. The highest BCUT2D eigenvalue weighted by molar-refractivity contribution is 5.92. The van der Waals surface area contributed by atoms with E-state index in [0.717, 1.165) is 34.6 Å². The number of hydrogen-bond acceptors (Lipinski definition) is 4. The lowest BCUT2D eigenvalue weighted by molar-refractivity contribution is 0.0826. The second-order valence-corrected chi connectivity index (χ2v) is 8.53. The number of rotatable bonds is 6. The molecule has 0 unspecified atom stereocenters. The van der Waals surface area contributed by atoms with Gasteiger partial charge >= 0.3 is 0 Å². The molecule has 4 heteroatoms. The summed E-state index contributed by atoms with van der Waals surface area (Å²) in [6.07, 6.45) is 11.4. The van der Waals surface area contributed by atoms with Crippen LogP contribution < -0.4 is 4.74 Å². The second kappa shape index (κ2) is 11.1. The number of ether oxygens (including phenoxy) is 1. The molecule has 2 aromatic rings. The van der Waals surface area contributed by atoms with Crippen molar-refractivity contribution in [3.8, 4) is 11.8 Å². The monoisotopic (exact) mass is 406 g/mol. The van der Waals surface area contributed by atoms with Crippen molar-refractivity contribution in [2.45, 2.75) is 64.3 Å². The van der Waals surface area contributed by atoms with Gasteiger partial charge in [0, 0.05) is 17.2 Å². The maximum Gasteiger partial charge on any atom is 0.150 e.